The monoisotopic (exact) mass is 976 g/mol. The third kappa shape index (κ3) is 13.0. The summed E-state index contributed by atoms with van der Waals surface area (Å²) in [4.78, 5) is 7.89. The summed E-state index contributed by atoms with van der Waals surface area (Å²) in [6.45, 7) is 6.20. The van der Waals surface area contributed by atoms with E-state index in [1.165, 1.54) is 0 Å². The Morgan fingerprint density at radius 3 is 1.11 bits per heavy atom. The fourth-order valence-electron chi connectivity index (χ4n) is 4.40. The van der Waals surface area contributed by atoms with Gasteiger partial charge in [0.05, 0.1) is 24.4 Å². The number of benzene rings is 2. The van der Waals surface area contributed by atoms with Crippen molar-refractivity contribution in [3.63, 3.8) is 0 Å². The first-order valence-electron chi connectivity index (χ1n) is 13.1. The fourth-order valence-corrected chi connectivity index (χ4v) is 4.40. The molecule has 4 N–H and O–H groups in total. The van der Waals surface area contributed by atoms with E-state index in [0.717, 1.165) is 24.3 Å². The molecule has 4 aromatic rings. The fraction of sp³-hybridized carbons (Fsp3) is 0.312. The van der Waals surface area contributed by atoms with Crippen LogP contribution >= 0.6 is 0 Å². The van der Waals surface area contributed by atoms with Crippen molar-refractivity contribution < 1.29 is 80.1 Å². The van der Waals surface area contributed by atoms with Crippen LogP contribution in [-0.2, 0) is 42.1 Å². The minimum absolute atomic E-state index is 0. The smallest absolute Gasteiger partial charge is 0.0569 e. The van der Waals surface area contributed by atoms with Crippen molar-refractivity contribution in [3.8, 4) is 22.5 Å². The number of rotatable bonds is 7. The molecule has 0 aliphatic carbocycles. The number of aliphatic hydroxyl groups excluding tert-OH is 4. The molecule has 4 unspecified atom stereocenters. The zero-order valence-electron chi connectivity index (χ0n) is 24.2. The molecule has 0 aliphatic heterocycles. The summed E-state index contributed by atoms with van der Waals surface area (Å²) in [6, 6.07) is 19.1. The van der Waals surface area contributed by atoms with Crippen LogP contribution in [0.25, 0.3) is 22.5 Å². The molecule has 2 heterocycles. The Bertz CT molecular complexity index is 1250. The Morgan fingerprint density at radius 1 is 0.568 bits per heavy atom. The van der Waals surface area contributed by atoms with Crippen LogP contribution in [0.1, 0.15) is 27.7 Å². The Hall–Kier alpha value is -2.32. The third-order valence-corrected chi connectivity index (χ3v) is 6.23. The molecule has 0 saturated heterocycles. The van der Waals surface area contributed by atoms with E-state index in [1.54, 1.807) is 76.5 Å². The molecule has 6 nitrogen and oxygen atoms in total. The van der Waals surface area contributed by atoms with Gasteiger partial charge in [0.2, 0.25) is 0 Å². The van der Waals surface area contributed by atoms with Gasteiger partial charge in [0, 0.05) is 89.6 Å². The largest absolute Gasteiger partial charge is 0.393 e. The quantitative estimate of drug-likeness (QED) is 0.146. The Balaban J connectivity index is 0.000000616. The molecule has 12 heteroatoms. The molecule has 0 bridgehead atoms. The molecule has 2 aromatic carbocycles. The van der Waals surface area contributed by atoms with E-state index in [0.29, 0.717) is 11.4 Å². The second-order valence-electron chi connectivity index (χ2n) is 9.63. The summed E-state index contributed by atoms with van der Waals surface area (Å²) >= 11 is 0. The molecule has 4 atom stereocenters. The van der Waals surface area contributed by atoms with Crippen LogP contribution in [0.2, 0.25) is 0 Å². The van der Waals surface area contributed by atoms with E-state index in [4.69, 9.17) is 0 Å². The van der Waals surface area contributed by atoms with Crippen LogP contribution in [-0.4, -0.2) is 54.8 Å². The van der Waals surface area contributed by atoms with Gasteiger partial charge in [-0.05, 0) is 51.2 Å². The van der Waals surface area contributed by atoms with Crippen LogP contribution < -0.4 is 0 Å². The number of nitrogens with zero attached hydrogens (tertiary/aromatic N) is 2. The maximum atomic E-state index is 13.2. The van der Waals surface area contributed by atoms with Crippen molar-refractivity contribution in [1.82, 2.24) is 9.97 Å². The SMILES string of the molecule is CC(O)C(C(C)O)C(C(C)O)C(C)O.Fc1c[c-]c(-c2ccccn2)c(F)c1.Fc1c[c-]c(-c2ccccn2)c(F)c1.[Pt].[Pt]. The number of aromatic nitrogens is 2. The summed E-state index contributed by atoms with van der Waals surface area (Å²) in [5, 5.41) is 37.9. The molecule has 0 amide bonds. The van der Waals surface area contributed by atoms with Gasteiger partial charge in [0.15, 0.2) is 0 Å². The topological polar surface area (TPSA) is 107 Å². The predicted octanol–water partition coefficient (Wildman–Crippen LogP) is 5.39. The molecule has 0 spiro atoms. The number of hydrogen-bond donors (Lipinski definition) is 4. The van der Waals surface area contributed by atoms with Gasteiger partial charge in [-0.15, -0.1) is 24.3 Å². The van der Waals surface area contributed by atoms with Crippen LogP contribution in [0, 0.1) is 47.2 Å². The second-order valence-corrected chi connectivity index (χ2v) is 9.63. The summed E-state index contributed by atoms with van der Waals surface area (Å²) in [5.74, 6) is -3.61. The summed E-state index contributed by atoms with van der Waals surface area (Å²) < 4.78 is 51.6. The van der Waals surface area contributed by atoms with Gasteiger partial charge in [-0.3, -0.25) is 17.6 Å². The van der Waals surface area contributed by atoms with Crippen molar-refractivity contribution in [2.75, 3.05) is 0 Å². The van der Waals surface area contributed by atoms with Crippen LogP contribution in [0.4, 0.5) is 17.6 Å². The molecule has 0 fully saturated rings. The van der Waals surface area contributed by atoms with Crippen molar-refractivity contribution in [3.05, 3.63) is 108 Å². The number of pyridine rings is 2. The minimum Gasteiger partial charge on any atom is -0.393 e. The van der Waals surface area contributed by atoms with E-state index in [1.807, 2.05) is 0 Å². The zero-order valence-corrected chi connectivity index (χ0v) is 28.8. The molecule has 0 radical (unpaired) electrons. The average Bonchev–Trinajstić information content (AvgIpc) is 2.92. The average molecular weight is 977 g/mol. The second kappa shape index (κ2) is 20.7. The van der Waals surface area contributed by atoms with E-state index in [2.05, 4.69) is 22.1 Å². The Labute approximate surface area is 283 Å². The van der Waals surface area contributed by atoms with Gasteiger partial charge < -0.3 is 30.4 Å². The van der Waals surface area contributed by atoms with Crippen LogP contribution in [0.3, 0.4) is 0 Å². The van der Waals surface area contributed by atoms with Crippen LogP contribution in [0.15, 0.2) is 73.1 Å². The van der Waals surface area contributed by atoms with Gasteiger partial charge in [0.25, 0.3) is 0 Å². The molecular weight excluding hydrogens is 943 g/mol. The van der Waals surface area contributed by atoms with E-state index >= 15 is 0 Å². The first kappa shape index (κ1) is 41.7. The molecule has 2 aromatic heterocycles. The van der Waals surface area contributed by atoms with Gasteiger partial charge >= 0.3 is 0 Å². The summed E-state index contributed by atoms with van der Waals surface area (Å²) in [5.41, 5.74) is 1.27. The number of hydrogen-bond acceptors (Lipinski definition) is 6. The van der Waals surface area contributed by atoms with Gasteiger partial charge in [0.1, 0.15) is 0 Å². The first-order chi connectivity index (χ1) is 19.8. The van der Waals surface area contributed by atoms with Crippen molar-refractivity contribution in [1.29, 1.82) is 0 Å². The standard InChI is InChI=1S/2C11H6F2N.C10H22O4.2Pt/c2*12-8-4-5-9(10(13)7-8)11-3-1-2-6-14-11;1-5(11)9(6(2)12)10(7(3)13)8(4)14;;/h2*1-4,6-7H;5-14H,1-4H3;;/q2*-1;;;. The molecular formula is C32H34F4N2O4Pt2-2. The van der Waals surface area contributed by atoms with Gasteiger partial charge in [-0.25, -0.2) is 0 Å². The summed E-state index contributed by atoms with van der Waals surface area (Å²) in [6.07, 6.45) is 0.0552. The molecule has 0 saturated carbocycles. The maximum Gasteiger partial charge on any atom is 0.0569 e. The predicted molar refractivity (Wildman–Crippen MR) is 151 cm³/mol. The van der Waals surface area contributed by atoms with Gasteiger partial charge in [-0.1, -0.05) is 47.5 Å². The van der Waals surface area contributed by atoms with E-state index in [-0.39, 0.29) is 53.3 Å². The summed E-state index contributed by atoms with van der Waals surface area (Å²) in [7, 11) is 0. The van der Waals surface area contributed by atoms with E-state index < -0.39 is 59.5 Å². The Kier molecular flexibility index (Phi) is 19.6. The zero-order chi connectivity index (χ0) is 31.4. The third-order valence-electron chi connectivity index (χ3n) is 6.23. The molecule has 0 aliphatic rings. The minimum atomic E-state index is -0.760. The van der Waals surface area contributed by atoms with Crippen molar-refractivity contribution in [2.45, 2.75) is 52.1 Å². The number of halogens is 4. The molecule has 246 valence electrons. The van der Waals surface area contributed by atoms with Crippen molar-refractivity contribution in [2.24, 2.45) is 11.8 Å². The normalized spacial score (nSPS) is 14.4. The first-order valence-corrected chi connectivity index (χ1v) is 13.1. The van der Waals surface area contributed by atoms with Gasteiger partial charge in [-0.2, -0.15) is 0 Å². The molecule has 4 rings (SSSR count). The number of aliphatic hydroxyl groups is 4. The van der Waals surface area contributed by atoms with Crippen molar-refractivity contribution >= 4 is 0 Å². The Morgan fingerprint density at radius 2 is 0.886 bits per heavy atom. The van der Waals surface area contributed by atoms with E-state index in [9.17, 15) is 38.0 Å². The molecule has 44 heavy (non-hydrogen) atoms. The maximum absolute atomic E-state index is 13.2. The van der Waals surface area contributed by atoms with Crippen LogP contribution in [0.5, 0.6) is 0 Å².